The van der Waals surface area contributed by atoms with Crippen LogP contribution in [0.5, 0.6) is 5.75 Å². The molecule has 0 spiro atoms. The second-order valence-corrected chi connectivity index (χ2v) is 8.73. The number of carbonyl (C=O) groups excluding carboxylic acids is 2. The van der Waals surface area contributed by atoms with Gasteiger partial charge in [0.2, 0.25) is 11.8 Å². The van der Waals surface area contributed by atoms with E-state index in [1.807, 2.05) is 67.6 Å². The van der Waals surface area contributed by atoms with Gasteiger partial charge in [0.1, 0.15) is 11.5 Å². The van der Waals surface area contributed by atoms with Crippen LogP contribution in [0.2, 0.25) is 0 Å². The normalized spacial score (nSPS) is 22.7. The van der Waals surface area contributed by atoms with Crippen molar-refractivity contribution in [3.8, 4) is 5.75 Å². The van der Waals surface area contributed by atoms with E-state index < -0.39 is 5.41 Å². The molecule has 0 heterocycles. The van der Waals surface area contributed by atoms with Gasteiger partial charge < -0.3 is 21.1 Å². The SMILES string of the molecule is CCCNC(=O)C1(C(=O)NCc2ccccc2)C=C(Oc2cccc([C@H]3C[C@@H]3N)c2)C=CC1.Cl. The Hall–Kier alpha value is -3.09. The Bertz CT molecular complexity index is 1070. The molecular weight excluding hydrogens is 450 g/mol. The minimum atomic E-state index is -1.37. The summed E-state index contributed by atoms with van der Waals surface area (Å²) in [5, 5.41) is 5.84. The van der Waals surface area contributed by atoms with Crippen molar-refractivity contribution < 1.29 is 14.3 Å². The van der Waals surface area contributed by atoms with Crippen molar-refractivity contribution in [2.24, 2.45) is 11.1 Å². The first-order valence-corrected chi connectivity index (χ1v) is 11.5. The molecule has 0 aliphatic heterocycles. The number of halogens is 1. The third-order valence-corrected chi connectivity index (χ3v) is 6.11. The van der Waals surface area contributed by atoms with Crippen LogP contribution in [0.25, 0.3) is 0 Å². The molecular formula is C27H32ClN3O3. The van der Waals surface area contributed by atoms with Gasteiger partial charge in [-0.25, -0.2) is 0 Å². The number of benzene rings is 2. The molecule has 34 heavy (non-hydrogen) atoms. The maximum absolute atomic E-state index is 13.4. The monoisotopic (exact) mass is 481 g/mol. The van der Waals surface area contributed by atoms with E-state index in [9.17, 15) is 9.59 Å². The molecule has 7 heteroatoms. The van der Waals surface area contributed by atoms with Gasteiger partial charge in [-0.2, -0.15) is 0 Å². The molecule has 6 nitrogen and oxygen atoms in total. The summed E-state index contributed by atoms with van der Waals surface area (Å²) in [5.74, 6) is 0.838. The van der Waals surface area contributed by atoms with Crippen molar-refractivity contribution in [1.82, 2.24) is 10.6 Å². The van der Waals surface area contributed by atoms with Crippen molar-refractivity contribution in [2.75, 3.05) is 6.54 Å². The van der Waals surface area contributed by atoms with Crippen LogP contribution in [-0.4, -0.2) is 24.4 Å². The summed E-state index contributed by atoms with van der Waals surface area (Å²) in [6, 6.07) is 17.7. The van der Waals surface area contributed by atoms with Crippen molar-refractivity contribution in [1.29, 1.82) is 0 Å². The van der Waals surface area contributed by atoms with E-state index in [4.69, 9.17) is 10.5 Å². The number of nitrogens with one attached hydrogen (secondary N) is 2. The van der Waals surface area contributed by atoms with Crippen molar-refractivity contribution in [3.63, 3.8) is 0 Å². The average molecular weight is 482 g/mol. The maximum atomic E-state index is 13.4. The summed E-state index contributed by atoms with van der Waals surface area (Å²) in [4.78, 5) is 26.6. The zero-order valence-corrected chi connectivity index (χ0v) is 20.1. The molecule has 1 fully saturated rings. The van der Waals surface area contributed by atoms with E-state index in [1.54, 1.807) is 6.08 Å². The first kappa shape index (κ1) is 25.5. The zero-order valence-electron chi connectivity index (χ0n) is 19.3. The summed E-state index contributed by atoms with van der Waals surface area (Å²) in [5.41, 5.74) is 6.74. The lowest BCUT2D eigenvalue weighted by atomic mass is 9.79. The number of hydrogen-bond donors (Lipinski definition) is 3. The van der Waals surface area contributed by atoms with Gasteiger partial charge in [-0.3, -0.25) is 9.59 Å². The van der Waals surface area contributed by atoms with Crippen molar-refractivity contribution in [2.45, 2.75) is 44.7 Å². The Morgan fingerprint density at radius 1 is 1.09 bits per heavy atom. The van der Waals surface area contributed by atoms with Crippen LogP contribution in [0.1, 0.15) is 43.2 Å². The topological polar surface area (TPSA) is 93.5 Å². The lowest BCUT2D eigenvalue weighted by Crippen LogP contribution is -2.51. The number of hydrogen-bond acceptors (Lipinski definition) is 4. The molecule has 2 aliphatic carbocycles. The molecule has 2 aromatic rings. The minimum absolute atomic E-state index is 0. The number of nitrogens with two attached hydrogens (primary N) is 1. The quantitative estimate of drug-likeness (QED) is 0.472. The molecule has 180 valence electrons. The molecule has 2 aliphatic rings. The second-order valence-electron chi connectivity index (χ2n) is 8.73. The van der Waals surface area contributed by atoms with Crippen LogP contribution in [0.3, 0.4) is 0 Å². The van der Waals surface area contributed by atoms with E-state index in [2.05, 4.69) is 16.7 Å². The van der Waals surface area contributed by atoms with Gasteiger partial charge >= 0.3 is 0 Å². The molecule has 0 aromatic heterocycles. The predicted molar refractivity (Wildman–Crippen MR) is 136 cm³/mol. The number of carbonyl (C=O) groups is 2. The summed E-state index contributed by atoms with van der Waals surface area (Å²) < 4.78 is 6.11. The van der Waals surface area contributed by atoms with E-state index >= 15 is 0 Å². The standard InChI is InChI=1S/C27H31N3O3.ClH/c1-2-14-29-25(31)27(26(32)30-18-19-8-4-3-5-9-19)13-7-12-22(17-27)33-21-11-6-10-20(15-21)23-16-24(23)28;/h3-12,15,17,23-24H,2,13-14,16,18,28H2,1H3,(H,29,31)(H,30,32);1H/t23-,24+,27?;/m1./s1. The fourth-order valence-corrected chi connectivity index (χ4v) is 4.07. The molecule has 4 rings (SSSR count). The fourth-order valence-electron chi connectivity index (χ4n) is 4.07. The highest BCUT2D eigenvalue weighted by Gasteiger charge is 2.45. The van der Waals surface area contributed by atoms with Gasteiger partial charge in [-0.05, 0) is 54.7 Å². The van der Waals surface area contributed by atoms with E-state index in [0.29, 0.717) is 30.5 Å². The highest BCUT2D eigenvalue weighted by molar-refractivity contribution is 6.07. The zero-order chi connectivity index (χ0) is 23.3. The molecule has 1 unspecified atom stereocenters. The number of amides is 2. The third-order valence-electron chi connectivity index (χ3n) is 6.11. The molecule has 0 radical (unpaired) electrons. The van der Waals surface area contributed by atoms with Gasteiger partial charge in [0.25, 0.3) is 0 Å². The lowest BCUT2D eigenvalue weighted by Gasteiger charge is -2.30. The smallest absolute Gasteiger partial charge is 0.240 e. The minimum Gasteiger partial charge on any atom is -0.458 e. The Labute approximate surface area is 207 Å². The van der Waals surface area contributed by atoms with Gasteiger partial charge in [0, 0.05) is 25.0 Å². The van der Waals surface area contributed by atoms with Crippen LogP contribution in [0, 0.1) is 5.41 Å². The maximum Gasteiger partial charge on any atom is 0.240 e. The van der Waals surface area contributed by atoms with E-state index in [0.717, 1.165) is 24.0 Å². The molecule has 0 saturated heterocycles. The van der Waals surface area contributed by atoms with Crippen LogP contribution in [-0.2, 0) is 16.1 Å². The third kappa shape index (κ3) is 5.88. The van der Waals surface area contributed by atoms with Crippen molar-refractivity contribution in [3.05, 3.63) is 89.7 Å². The van der Waals surface area contributed by atoms with Crippen LogP contribution in [0.15, 0.2) is 78.6 Å². The predicted octanol–water partition coefficient (Wildman–Crippen LogP) is 3.97. The van der Waals surface area contributed by atoms with Gasteiger partial charge in [-0.15, -0.1) is 12.4 Å². The highest BCUT2D eigenvalue weighted by atomic mass is 35.5. The molecule has 2 aromatic carbocycles. The fraction of sp³-hybridized carbons (Fsp3) is 0.333. The Kier molecular flexibility index (Phi) is 8.53. The molecule has 2 amide bonds. The Morgan fingerprint density at radius 3 is 2.53 bits per heavy atom. The molecule has 1 saturated carbocycles. The molecule has 4 N–H and O–H groups in total. The van der Waals surface area contributed by atoms with E-state index in [-0.39, 0.29) is 36.7 Å². The molecule has 3 atom stereocenters. The summed E-state index contributed by atoms with van der Waals surface area (Å²) in [7, 11) is 0. The number of rotatable bonds is 9. The highest BCUT2D eigenvalue weighted by Crippen LogP contribution is 2.40. The van der Waals surface area contributed by atoms with Gasteiger partial charge in [0.15, 0.2) is 5.41 Å². The summed E-state index contributed by atoms with van der Waals surface area (Å²) in [6.07, 6.45) is 7.32. The van der Waals surface area contributed by atoms with Crippen LogP contribution >= 0.6 is 12.4 Å². The van der Waals surface area contributed by atoms with Crippen LogP contribution in [0.4, 0.5) is 0 Å². The number of ether oxygens (including phenoxy) is 1. The van der Waals surface area contributed by atoms with Gasteiger partial charge in [0.05, 0.1) is 0 Å². The largest absolute Gasteiger partial charge is 0.458 e. The summed E-state index contributed by atoms with van der Waals surface area (Å²) >= 11 is 0. The number of allylic oxidation sites excluding steroid dienone is 2. The first-order chi connectivity index (χ1) is 16.0. The summed E-state index contributed by atoms with van der Waals surface area (Å²) in [6.45, 7) is 2.83. The lowest BCUT2D eigenvalue weighted by molar-refractivity contribution is -0.140. The Morgan fingerprint density at radius 2 is 1.82 bits per heavy atom. The van der Waals surface area contributed by atoms with E-state index in [1.165, 1.54) is 0 Å². The molecule has 0 bridgehead atoms. The van der Waals surface area contributed by atoms with Gasteiger partial charge in [-0.1, -0.05) is 55.5 Å². The Balaban J connectivity index is 0.00000324. The average Bonchev–Trinajstić information content (AvgIpc) is 3.58. The van der Waals surface area contributed by atoms with Crippen LogP contribution < -0.4 is 21.1 Å². The second kappa shape index (κ2) is 11.4. The first-order valence-electron chi connectivity index (χ1n) is 11.5. The van der Waals surface area contributed by atoms with Crippen molar-refractivity contribution >= 4 is 24.2 Å².